The number of amides is 1. The lowest BCUT2D eigenvalue weighted by molar-refractivity contribution is 0.0951. The fraction of sp³-hybridized carbons (Fsp3) is 0.500. The molecule has 1 aliphatic carbocycles. The maximum absolute atomic E-state index is 11.9. The van der Waals surface area contributed by atoms with Crippen LogP contribution < -0.4 is 16.6 Å². The highest BCUT2D eigenvalue weighted by molar-refractivity contribution is 5.95. The number of pyridine rings is 1. The average Bonchev–Trinajstić information content (AvgIpc) is 3.19. The minimum absolute atomic E-state index is 0.0505. The Morgan fingerprint density at radius 2 is 2.29 bits per heavy atom. The fourth-order valence-corrected chi connectivity index (χ4v) is 1.63. The number of carbonyl (C=O) groups excluding carboxylic acids is 1. The molecule has 5 nitrogen and oxygen atoms in total. The Bertz CT molecular complexity index is 393. The van der Waals surface area contributed by atoms with E-state index in [0.717, 1.165) is 18.7 Å². The molecule has 1 aromatic rings. The van der Waals surface area contributed by atoms with E-state index >= 15 is 0 Å². The summed E-state index contributed by atoms with van der Waals surface area (Å²) in [6.45, 7) is 2.77. The van der Waals surface area contributed by atoms with Gasteiger partial charge in [-0.3, -0.25) is 4.79 Å². The van der Waals surface area contributed by atoms with Crippen molar-refractivity contribution in [3.8, 4) is 0 Å². The van der Waals surface area contributed by atoms with Gasteiger partial charge in [0.05, 0.1) is 0 Å². The topological polar surface area (TPSA) is 80.0 Å². The first-order valence-corrected chi connectivity index (χ1v) is 5.98. The molecule has 1 fully saturated rings. The zero-order valence-electron chi connectivity index (χ0n) is 9.99. The lowest BCUT2D eigenvalue weighted by atomic mass is 10.2. The average molecular weight is 234 g/mol. The molecule has 0 bridgehead atoms. The van der Waals surface area contributed by atoms with Crippen LogP contribution >= 0.6 is 0 Å². The smallest absolute Gasteiger partial charge is 0.251 e. The third-order valence-electron chi connectivity index (χ3n) is 2.90. The van der Waals surface area contributed by atoms with Crippen molar-refractivity contribution in [2.45, 2.75) is 26.2 Å². The van der Waals surface area contributed by atoms with E-state index < -0.39 is 0 Å². The van der Waals surface area contributed by atoms with Gasteiger partial charge in [-0.25, -0.2) is 10.8 Å². The van der Waals surface area contributed by atoms with E-state index in [1.807, 2.05) is 13.0 Å². The molecule has 0 saturated heterocycles. The molecule has 0 aromatic carbocycles. The van der Waals surface area contributed by atoms with E-state index in [-0.39, 0.29) is 5.91 Å². The number of nitrogen functional groups attached to an aromatic ring is 1. The van der Waals surface area contributed by atoms with Gasteiger partial charge in [0, 0.05) is 17.8 Å². The number of aromatic nitrogens is 1. The zero-order chi connectivity index (χ0) is 12.3. The highest BCUT2D eigenvalue weighted by atomic mass is 16.1. The van der Waals surface area contributed by atoms with Crippen LogP contribution in [0, 0.1) is 5.92 Å². The molecule has 0 aliphatic heterocycles. The van der Waals surface area contributed by atoms with Crippen LogP contribution in [0.3, 0.4) is 0 Å². The largest absolute Gasteiger partial charge is 0.352 e. The highest BCUT2D eigenvalue weighted by Crippen LogP contribution is 2.27. The SMILES string of the molecule is CCc1cc(C(=O)NCC2CC2)cc(NN)n1. The molecule has 1 aromatic heterocycles. The monoisotopic (exact) mass is 234 g/mol. The Morgan fingerprint density at radius 1 is 1.53 bits per heavy atom. The van der Waals surface area contributed by atoms with Gasteiger partial charge in [0.2, 0.25) is 0 Å². The Kier molecular flexibility index (Phi) is 3.58. The molecule has 2 rings (SSSR count). The van der Waals surface area contributed by atoms with Gasteiger partial charge >= 0.3 is 0 Å². The number of rotatable bonds is 5. The molecule has 0 spiro atoms. The third-order valence-corrected chi connectivity index (χ3v) is 2.90. The van der Waals surface area contributed by atoms with Crippen molar-refractivity contribution in [3.63, 3.8) is 0 Å². The fourth-order valence-electron chi connectivity index (χ4n) is 1.63. The Hall–Kier alpha value is -1.62. The second-order valence-electron chi connectivity index (χ2n) is 4.38. The van der Waals surface area contributed by atoms with Gasteiger partial charge in [0.15, 0.2) is 0 Å². The van der Waals surface area contributed by atoms with E-state index in [2.05, 4.69) is 15.7 Å². The number of anilines is 1. The molecule has 5 heteroatoms. The number of aryl methyl sites for hydroxylation is 1. The van der Waals surface area contributed by atoms with E-state index in [1.165, 1.54) is 12.8 Å². The van der Waals surface area contributed by atoms with Crippen molar-refractivity contribution in [2.24, 2.45) is 11.8 Å². The number of nitrogens with two attached hydrogens (primary N) is 1. The maximum atomic E-state index is 11.9. The summed E-state index contributed by atoms with van der Waals surface area (Å²) in [6, 6.07) is 3.48. The molecule has 92 valence electrons. The molecule has 0 atom stereocenters. The van der Waals surface area contributed by atoms with Crippen molar-refractivity contribution >= 4 is 11.7 Å². The summed E-state index contributed by atoms with van der Waals surface area (Å²) in [7, 11) is 0. The summed E-state index contributed by atoms with van der Waals surface area (Å²) >= 11 is 0. The quantitative estimate of drug-likeness (QED) is 0.526. The summed E-state index contributed by atoms with van der Waals surface area (Å²) < 4.78 is 0. The van der Waals surface area contributed by atoms with Gasteiger partial charge in [0.25, 0.3) is 5.91 Å². The summed E-state index contributed by atoms with van der Waals surface area (Å²) in [5.74, 6) is 6.49. The standard InChI is InChI=1S/C12H18N4O/c1-2-10-5-9(6-11(15-10)16-13)12(17)14-7-8-3-4-8/h5-6,8H,2-4,7,13H2,1H3,(H,14,17)(H,15,16). The second kappa shape index (κ2) is 5.14. The predicted molar refractivity (Wildman–Crippen MR) is 66.5 cm³/mol. The number of hydrogen-bond donors (Lipinski definition) is 3. The molecule has 4 N–H and O–H groups in total. The summed E-state index contributed by atoms with van der Waals surface area (Å²) in [6.07, 6.45) is 3.23. The van der Waals surface area contributed by atoms with Crippen molar-refractivity contribution in [1.82, 2.24) is 10.3 Å². The molecule has 1 aliphatic rings. The van der Waals surface area contributed by atoms with Crippen LogP contribution in [0.2, 0.25) is 0 Å². The third kappa shape index (κ3) is 3.17. The first kappa shape index (κ1) is 11.9. The van der Waals surface area contributed by atoms with Gasteiger partial charge in [0.1, 0.15) is 5.82 Å². The molecule has 1 heterocycles. The van der Waals surface area contributed by atoms with Gasteiger partial charge < -0.3 is 10.7 Å². The van der Waals surface area contributed by atoms with E-state index in [1.54, 1.807) is 6.07 Å². The van der Waals surface area contributed by atoms with Crippen LogP contribution in [0.1, 0.15) is 35.8 Å². The van der Waals surface area contributed by atoms with Gasteiger partial charge in [-0.2, -0.15) is 0 Å². The van der Waals surface area contributed by atoms with E-state index in [0.29, 0.717) is 17.3 Å². The van der Waals surface area contributed by atoms with Gasteiger partial charge in [-0.05, 0) is 37.3 Å². The Balaban J connectivity index is 2.08. The Labute approximate surface area is 101 Å². The molecule has 1 saturated carbocycles. The number of hydrazine groups is 1. The Morgan fingerprint density at radius 3 is 2.88 bits per heavy atom. The normalized spacial score (nSPS) is 14.5. The minimum Gasteiger partial charge on any atom is -0.352 e. The second-order valence-corrected chi connectivity index (χ2v) is 4.38. The van der Waals surface area contributed by atoms with Crippen LogP contribution in [0.4, 0.5) is 5.82 Å². The molecule has 1 amide bonds. The number of carbonyl (C=O) groups is 1. The molecule has 0 radical (unpaired) electrons. The van der Waals surface area contributed by atoms with E-state index in [4.69, 9.17) is 5.84 Å². The van der Waals surface area contributed by atoms with E-state index in [9.17, 15) is 4.79 Å². The first-order chi connectivity index (χ1) is 8.22. The summed E-state index contributed by atoms with van der Waals surface area (Å²) in [5.41, 5.74) is 3.96. The van der Waals surface area contributed by atoms with Crippen LogP contribution in [0.15, 0.2) is 12.1 Å². The summed E-state index contributed by atoms with van der Waals surface area (Å²) in [5, 5.41) is 2.93. The number of nitrogens with zero attached hydrogens (tertiary/aromatic N) is 1. The molecule has 0 unspecified atom stereocenters. The first-order valence-electron chi connectivity index (χ1n) is 5.98. The van der Waals surface area contributed by atoms with Crippen molar-refractivity contribution in [1.29, 1.82) is 0 Å². The number of nitrogens with one attached hydrogen (secondary N) is 2. The minimum atomic E-state index is -0.0505. The number of hydrogen-bond acceptors (Lipinski definition) is 4. The maximum Gasteiger partial charge on any atom is 0.251 e. The molecule has 17 heavy (non-hydrogen) atoms. The van der Waals surface area contributed by atoms with Crippen molar-refractivity contribution < 1.29 is 4.79 Å². The highest BCUT2D eigenvalue weighted by Gasteiger charge is 2.22. The zero-order valence-corrected chi connectivity index (χ0v) is 9.99. The molecular weight excluding hydrogens is 216 g/mol. The molecular formula is C12H18N4O. The predicted octanol–water partition coefficient (Wildman–Crippen LogP) is 1.07. The lowest BCUT2D eigenvalue weighted by Gasteiger charge is -2.08. The summed E-state index contributed by atoms with van der Waals surface area (Å²) in [4.78, 5) is 16.1. The van der Waals surface area contributed by atoms with Crippen LogP contribution in [0.25, 0.3) is 0 Å². The van der Waals surface area contributed by atoms with Crippen LogP contribution in [0.5, 0.6) is 0 Å². The van der Waals surface area contributed by atoms with Crippen LogP contribution in [-0.4, -0.2) is 17.4 Å². The van der Waals surface area contributed by atoms with Crippen LogP contribution in [-0.2, 0) is 6.42 Å². The van der Waals surface area contributed by atoms with Gasteiger partial charge in [-0.1, -0.05) is 6.92 Å². The van der Waals surface area contributed by atoms with Crippen molar-refractivity contribution in [2.75, 3.05) is 12.0 Å². The lowest BCUT2D eigenvalue weighted by Crippen LogP contribution is -2.26. The van der Waals surface area contributed by atoms with Crippen molar-refractivity contribution in [3.05, 3.63) is 23.4 Å². The van der Waals surface area contributed by atoms with Gasteiger partial charge in [-0.15, -0.1) is 0 Å².